The van der Waals surface area contributed by atoms with Gasteiger partial charge >= 0.3 is 0 Å². The Morgan fingerprint density at radius 3 is 2.73 bits per heavy atom. The summed E-state index contributed by atoms with van der Waals surface area (Å²) in [7, 11) is -3.25. The molecule has 6 heteroatoms. The summed E-state index contributed by atoms with van der Waals surface area (Å²) in [5.41, 5.74) is 2.27. The molecule has 2 aliphatic rings. The fourth-order valence-corrected chi connectivity index (χ4v) is 5.53. The van der Waals surface area contributed by atoms with Gasteiger partial charge in [-0.05, 0) is 63.1 Å². The van der Waals surface area contributed by atoms with Gasteiger partial charge in [0.15, 0.2) is 0 Å². The predicted octanol–water partition coefficient (Wildman–Crippen LogP) is 2.13. The number of rotatable bonds is 5. The molecule has 3 rings (SSSR count). The molecule has 0 N–H and O–H groups in total. The Bertz CT molecular complexity index is 612. The molecule has 0 amide bonds. The highest BCUT2D eigenvalue weighted by molar-refractivity contribution is 7.86. The first-order valence-electron chi connectivity index (χ1n) is 8.26. The molecule has 0 aliphatic carbocycles. The van der Waals surface area contributed by atoms with Crippen LogP contribution in [0.4, 0.5) is 0 Å². The summed E-state index contributed by atoms with van der Waals surface area (Å²) in [4.78, 5) is 4.21. The van der Waals surface area contributed by atoms with E-state index >= 15 is 0 Å². The van der Waals surface area contributed by atoms with E-state index < -0.39 is 10.2 Å². The van der Waals surface area contributed by atoms with Crippen molar-refractivity contribution >= 4 is 10.2 Å². The molecular formula is C16H25N3O2S. The molecule has 2 fully saturated rings. The number of hydrogen-bond acceptors (Lipinski definition) is 3. The number of pyridine rings is 1. The van der Waals surface area contributed by atoms with Crippen LogP contribution in [0, 0.1) is 6.92 Å². The summed E-state index contributed by atoms with van der Waals surface area (Å²) in [5, 5.41) is 0. The molecular weight excluding hydrogens is 298 g/mol. The van der Waals surface area contributed by atoms with Crippen LogP contribution in [0.25, 0.3) is 0 Å². The number of hydrogen-bond donors (Lipinski definition) is 0. The zero-order chi connectivity index (χ0) is 15.6. The second-order valence-electron chi connectivity index (χ2n) is 6.36. The van der Waals surface area contributed by atoms with Crippen molar-refractivity contribution in [3.05, 3.63) is 29.6 Å². The van der Waals surface area contributed by atoms with E-state index in [4.69, 9.17) is 0 Å². The quantitative estimate of drug-likeness (QED) is 0.834. The van der Waals surface area contributed by atoms with Crippen LogP contribution in [-0.4, -0.2) is 47.7 Å². The minimum absolute atomic E-state index is 0.152. The molecule has 0 saturated carbocycles. The Hall–Kier alpha value is -0.980. The Kier molecular flexibility index (Phi) is 4.80. The molecule has 122 valence electrons. The van der Waals surface area contributed by atoms with E-state index in [0.717, 1.165) is 44.2 Å². The minimum atomic E-state index is -3.25. The zero-order valence-electron chi connectivity index (χ0n) is 13.2. The second-order valence-corrected chi connectivity index (χ2v) is 8.25. The third-order valence-electron chi connectivity index (χ3n) is 4.74. The molecule has 1 aromatic heterocycles. The lowest BCUT2D eigenvalue weighted by Crippen LogP contribution is -2.44. The smallest absolute Gasteiger partial charge is 0.262 e. The van der Waals surface area contributed by atoms with E-state index in [0.29, 0.717) is 19.6 Å². The lowest BCUT2D eigenvalue weighted by atomic mass is 10.0. The topological polar surface area (TPSA) is 53.5 Å². The van der Waals surface area contributed by atoms with Gasteiger partial charge in [0.2, 0.25) is 0 Å². The van der Waals surface area contributed by atoms with Gasteiger partial charge in [-0.25, -0.2) is 0 Å². The normalized spacial score (nSPS) is 24.1. The summed E-state index contributed by atoms with van der Waals surface area (Å²) in [6.45, 7) is 4.05. The third kappa shape index (κ3) is 3.34. The van der Waals surface area contributed by atoms with Crippen molar-refractivity contribution in [2.45, 2.75) is 51.5 Å². The molecule has 3 heterocycles. The lowest BCUT2D eigenvalue weighted by Gasteiger charge is -2.28. The maximum Gasteiger partial charge on any atom is 0.282 e. The van der Waals surface area contributed by atoms with Crippen molar-refractivity contribution in [1.82, 2.24) is 13.6 Å². The molecule has 0 spiro atoms. The van der Waals surface area contributed by atoms with Crippen LogP contribution in [0.15, 0.2) is 18.3 Å². The van der Waals surface area contributed by atoms with Crippen molar-refractivity contribution in [2.24, 2.45) is 0 Å². The van der Waals surface area contributed by atoms with Crippen molar-refractivity contribution in [2.75, 3.05) is 19.6 Å². The van der Waals surface area contributed by atoms with Gasteiger partial charge in [-0.1, -0.05) is 0 Å². The summed E-state index contributed by atoms with van der Waals surface area (Å²) < 4.78 is 28.9. The number of aryl methyl sites for hydroxylation is 2. The van der Waals surface area contributed by atoms with E-state index in [9.17, 15) is 8.42 Å². The molecule has 5 nitrogen and oxygen atoms in total. The van der Waals surface area contributed by atoms with Crippen molar-refractivity contribution < 1.29 is 8.42 Å². The second kappa shape index (κ2) is 6.64. The van der Waals surface area contributed by atoms with E-state index in [2.05, 4.69) is 11.1 Å². The Balaban J connectivity index is 1.65. The summed E-state index contributed by atoms with van der Waals surface area (Å²) in [6.07, 6.45) is 7.60. The molecule has 1 atom stereocenters. The van der Waals surface area contributed by atoms with Gasteiger partial charge in [-0.15, -0.1) is 0 Å². The number of nitrogens with zero attached hydrogens (tertiary/aromatic N) is 3. The average Bonchev–Trinajstić information content (AvgIpc) is 3.17. The molecule has 1 aromatic rings. The fourth-order valence-electron chi connectivity index (χ4n) is 3.56. The SMILES string of the molecule is Cc1cc(CC[C@H]2CCCN2S(=O)(=O)N2CCCC2)ccn1. The van der Waals surface area contributed by atoms with Crippen molar-refractivity contribution in [3.8, 4) is 0 Å². The third-order valence-corrected chi connectivity index (χ3v) is 6.83. The molecule has 22 heavy (non-hydrogen) atoms. The van der Waals surface area contributed by atoms with Crippen LogP contribution in [0.2, 0.25) is 0 Å². The average molecular weight is 323 g/mol. The molecule has 2 aliphatic heterocycles. The minimum Gasteiger partial charge on any atom is -0.262 e. The van der Waals surface area contributed by atoms with Crippen molar-refractivity contribution in [1.29, 1.82) is 0 Å². The van der Waals surface area contributed by atoms with E-state index in [-0.39, 0.29) is 6.04 Å². The Labute approximate surface area is 133 Å². The molecule has 0 unspecified atom stereocenters. The van der Waals surface area contributed by atoms with E-state index in [1.54, 1.807) is 8.61 Å². The van der Waals surface area contributed by atoms with Gasteiger partial charge in [-0.2, -0.15) is 17.0 Å². The maximum atomic E-state index is 12.8. The largest absolute Gasteiger partial charge is 0.282 e. The fraction of sp³-hybridized carbons (Fsp3) is 0.688. The monoisotopic (exact) mass is 323 g/mol. The van der Waals surface area contributed by atoms with E-state index in [1.807, 2.05) is 19.2 Å². The first-order chi connectivity index (χ1) is 10.6. The zero-order valence-corrected chi connectivity index (χ0v) is 14.1. The molecule has 0 bridgehead atoms. The van der Waals surface area contributed by atoms with Crippen LogP contribution in [0.1, 0.15) is 43.4 Å². The van der Waals surface area contributed by atoms with Gasteiger partial charge in [-0.3, -0.25) is 4.98 Å². The van der Waals surface area contributed by atoms with Gasteiger partial charge in [0.25, 0.3) is 10.2 Å². The molecule has 0 radical (unpaired) electrons. The molecule has 0 aromatic carbocycles. The predicted molar refractivity (Wildman–Crippen MR) is 86.7 cm³/mol. The first-order valence-corrected chi connectivity index (χ1v) is 9.65. The van der Waals surface area contributed by atoms with E-state index in [1.165, 1.54) is 5.56 Å². The van der Waals surface area contributed by atoms with Crippen LogP contribution >= 0.6 is 0 Å². The Morgan fingerprint density at radius 2 is 2.00 bits per heavy atom. The number of aromatic nitrogens is 1. The van der Waals surface area contributed by atoms with Crippen LogP contribution in [-0.2, 0) is 16.6 Å². The van der Waals surface area contributed by atoms with Gasteiger partial charge in [0.1, 0.15) is 0 Å². The Morgan fingerprint density at radius 1 is 1.23 bits per heavy atom. The van der Waals surface area contributed by atoms with Crippen LogP contribution in [0.3, 0.4) is 0 Å². The molecule has 2 saturated heterocycles. The highest BCUT2D eigenvalue weighted by Gasteiger charge is 2.38. The summed E-state index contributed by atoms with van der Waals surface area (Å²) in [5.74, 6) is 0. The van der Waals surface area contributed by atoms with Gasteiger partial charge in [0.05, 0.1) is 0 Å². The standard InChI is InChI=1S/C16H25N3O2S/c1-14-13-15(8-9-17-14)6-7-16-5-4-12-19(16)22(20,21)18-10-2-3-11-18/h8-9,13,16H,2-7,10-12H2,1H3/t16-/m1/s1. The summed E-state index contributed by atoms with van der Waals surface area (Å²) in [6, 6.07) is 4.27. The van der Waals surface area contributed by atoms with Gasteiger partial charge < -0.3 is 0 Å². The van der Waals surface area contributed by atoms with Crippen LogP contribution in [0.5, 0.6) is 0 Å². The highest BCUT2D eigenvalue weighted by atomic mass is 32.2. The summed E-state index contributed by atoms with van der Waals surface area (Å²) >= 11 is 0. The van der Waals surface area contributed by atoms with Crippen molar-refractivity contribution in [3.63, 3.8) is 0 Å². The lowest BCUT2D eigenvalue weighted by molar-refractivity contribution is 0.333. The van der Waals surface area contributed by atoms with Gasteiger partial charge in [0, 0.05) is 37.6 Å². The first kappa shape index (κ1) is 15.9. The maximum absolute atomic E-state index is 12.8. The van der Waals surface area contributed by atoms with Crippen LogP contribution < -0.4 is 0 Å². The highest BCUT2D eigenvalue weighted by Crippen LogP contribution is 2.28.